The molecule has 114 valence electrons. The van der Waals surface area contributed by atoms with Gasteiger partial charge in [-0.05, 0) is 36.8 Å². The third-order valence-corrected chi connectivity index (χ3v) is 4.05. The number of pyridine rings is 1. The van der Waals surface area contributed by atoms with Crippen LogP contribution in [0.1, 0.15) is 22.9 Å². The van der Waals surface area contributed by atoms with Crippen molar-refractivity contribution in [1.29, 1.82) is 0 Å². The van der Waals surface area contributed by atoms with Crippen molar-refractivity contribution in [3.8, 4) is 0 Å². The summed E-state index contributed by atoms with van der Waals surface area (Å²) in [6.07, 6.45) is 5.52. The van der Waals surface area contributed by atoms with Crippen LogP contribution < -0.4 is 5.32 Å². The molecule has 0 saturated carbocycles. The monoisotopic (exact) mass is 303 g/mol. The smallest absolute Gasteiger partial charge is 0.130 e. The first-order chi connectivity index (χ1) is 11.3. The highest BCUT2D eigenvalue weighted by Gasteiger charge is 2.21. The van der Waals surface area contributed by atoms with Crippen LogP contribution in [-0.4, -0.2) is 9.97 Å². The minimum atomic E-state index is -0.101. The van der Waals surface area contributed by atoms with E-state index in [2.05, 4.69) is 40.4 Å². The summed E-state index contributed by atoms with van der Waals surface area (Å²) >= 11 is 0. The van der Waals surface area contributed by atoms with Crippen molar-refractivity contribution in [3.05, 3.63) is 84.1 Å². The van der Waals surface area contributed by atoms with E-state index in [1.807, 2.05) is 36.5 Å². The number of anilines is 1. The molecule has 0 aliphatic rings. The van der Waals surface area contributed by atoms with E-state index in [1.165, 1.54) is 10.9 Å². The number of H-pyrrole nitrogens is 1. The first-order valence-electron chi connectivity index (χ1n) is 7.60. The van der Waals surface area contributed by atoms with Crippen LogP contribution in [-0.2, 0) is 0 Å². The Labute approximate surface area is 134 Å². The van der Waals surface area contributed by atoms with Crippen molar-refractivity contribution in [2.45, 2.75) is 13.0 Å². The molecule has 0 saturated heterocycles. The van der Waals surface area contributed by atoms with Gasteiger partial charge in [-0.1, -0.05) is 24.3 Å². The quantitative estimate of drug-likeness (QED) is 0.576. The van der Waals surface area contributed by atoms with E-state index < -0.39 is 0 Å². The Morgan fingerprint density at radius 2 is 2.04 bits per heavy atom. The van der Waals surface area contributed by atoms with Crippen LogP contribution in [0.3, 0.4) is 0 Å². The standard InChI is InChI=1S/C19H17N3O/c1-13-6-4-7-14-15(12-21-18(13)14)19(16-8-5-11-23-16)22-17-9-2-3-10-20-17/h2-12,19,21H,1H3,(H,20,22). The van der Waals surface area contributed by atoms with Gasteiger partial charge in [0.05, 0.1) is 6.26 Å². The van der Waals surface area contributed by atoms with Gasteiger partial charge in [0.15, 0.2) is 0 Å². The van der Waals surface area contributed by atoms with Crippen molar-refractivity contribution < 1.29 is 4.42 Å². The van der Waals surface area contributed by atoms with Crippen molar-refractivity contribution in [2.24, 2.45) is 0 Å². The molecule has 2 N–H and O–H groups in total. The van der Waals surface area contributed by atoms with Crippen molar-refractivity contribution in [2.75, 3.05) is 5.32 Å². The molecule has 0 aliphatic heterocycles. The fraction of sp³-hybridized carbons (Fsp3) is 0.105. The zero-order valence-corrected chi connectivity index (χ0v) is 12.8. The summed E-state index contributed by atoms with van der Waals surface area (Å²) in [5.74, 6) is 1.67. The highest BCUT2D eigenvalue weighted by Crippen LogP contribution is 2.32. The second-order valence-electron chi connectivity index (χ2n) is 5.55. The van der Waals surface area contributed by atoms with E-state index in [-0.39, 0.29) is 6.04 Å². The van der Waals surface area contributed by atoms with Gasteiger partial charge in [0, 0.05) is 28.9 Å². The average molecular weight is 303 g/mol. The first kappa shape index (κ1) is 13.6. The van der Waals surface area contributed by atoms with Gasteiger partial charge >= 0.3 is 0 Å². The minimum absolute atomic E-state index is 0.101. The molecule has 1 atom stereocenters. The van der Waals surface area contributed by atoms with Crippen molar-refractivity contribution >= 4 is 16.7 Å². The lowest BCUT2D eigenvalue weighted by atomic mass is 10.0. The summed E-state index contributed by atoms with van der Waals surface area (Å²) in [6, 6.07) is 15.9. The zero-order chi connectivity index (χ0) is 15.6. The molecule has 1 aromatic carbocycles. The van der Waals surface area contributed by atoms with E-state index in [0.29, 0.717) is 0 Å². The van der Waals surface area contributed by atoms with Gasteiger partial charge in [0.2, 0.25) is 0 Å². The zero-order valence-electron chi connectivity index (χ0n) is 12.8. The predicted molar refractivity (Wildman–Crippen MR) is 91.4 cm³/mol. The molecule has 0 spiro atoms. The highest BCUT2D eigenvalue weighted by molar-refractivity contribution is 5.87. The molecule has 1 unspecified atom stereocenters. The predicted octanol–water partition coefficient (Wildman–Crippen LogP) is 4.67. The lowest BCUT2D eigenvalue weighted by Gasteiger charge is -2.17. The van der Waals surface area contributed by atoms with Crippen LogP contribution in [0.2, 0.25) is 0 Å². The van der Waals surface area contributed by atoms with Gasteiger partial charge in [0.1, 0.15) is 17.6 Å². The first-order valence-corrected chi connectivity index (χ1v) is 7.60. The Morgan fingerprint density at radius 3 is 2.83 bits per heavy atom. The topological polar surface area (TPSA) is 53.9 Å². The van der Waals surface area contributed by atoms with E-state index >= 15 is 0 Å². The fourth-order valence-corrected chi connectivity index (χ4v) is 2.92. The third kappa shape index (κ3) is 2.48. The highest BCUT2D eigenvalue weighted by atomic mass is 16.3. The van der Waals surface area contributed by atoms with Gasteiger partial charge in [-0.2, -0.15) is 0 Å². The Kier molecular flexibility index (Phi) is 3.35. The van der Waals surface area contributed by atoms with Crippen LogP contribution in [0.25, 0.3) is 10.9 Å². The molecule has 4 aromatic rings. The number of rotatable bonds is 4. The molecular formula is C19H17N3O. The summed E-state index contributed by atoms with van der Waals surface area (Å²) in [5.41, 5.74) is 3.52. The molecule has 0 fully saturated rings. The summed E-state index contributed by atoms with van der Waals surface area (Å²) in [7, 11) is 0. The maximum atomic E-state index is 5.67. The Balaban J connectivity index is 1.83. The van der Waals surface area contributed by atoms with Crippen LogP contribution in [0.15, 0.2) is 71.6 Å². The molecule has 3 heterocycles. The molecule has 4 heteroatoms. The van der Waals surface area contributed by atoms with E-state index in [9.17, 15) is 0 Å². The van der Waals surface area contributed by atoms with E-state index in [0.717, 1.165) is 22.7 Å². The SMILES string of the molecule is Cc1cccc2c(C(Nc3ccccn3)c3ccco3)c[nH]c12. The molecule has 4 nitrogen and oxygen atoms in total. The molecule has 0 aliphatic carbocycles. The number of aromatic amines is 1. The summed E-state index contributed by atoms with van der Waals surface area (Å²) in [4.78, 5) is 7.76. The lowest BCUT2D eigenvalue weighted by Crippen LogP contribution is -2.12. The number of benzene rings is 1. The summed E-state index contributed by atoms with van der Waals surface area (Å²) in [6.45, 7) is 2.11. The number of hydrogen-bond donors (Lipinski definition) is 2. The average Bonchev–Trinajstić information content (AvgIpc) is 3.24. The fourth-order valence-electron chi connectivity index (χ4n) is 2.92. The molecule has 3 aromatic heterocycles. The number of nitrogens with zero attached hydrogens (tertiary/aromatic N) is 1. The maximum absolute atomic E-state index is 5.67. The molecule has 4 rings (SSSR count). The number of fused-ring (bicyclic) bond motifs is 1. The maximum Gasteiger partial charge on any atom is 0.130 e. The van der Waals surface area contributed by atoms with Gasteiger partial charge in [-0.25, -0.2) is 4.98 Å². The Hall–Kier alpha value is -3.01. The molecule has 0 amide bonds. The Morgan fingerprint density at radius 1 is 1.09 bits per heavy atom. The van der Waals surface area contributed by atoms with Gasteiger partial charge in [0.25, 0.3) is 0 Å². The Bertz CT molecular complexity index is 910. The van der Waals surface area contributed by atoms with Gasteiger partial charge in [-0.3, -0.25) is 0 Å². The number of furan rings is 1. The van der Waals surface area contributed by atoms with Crippen LogP contribution in [0.4, 0.5) is 5.82 Å². The molecule has 23 heavy (non-hydrogen) atoms. The van der Waals surface area contributed by atoms with Crippen LogP contribution >= 0.6 is 0 Å². The van der Waals surface area contributed by atoms with Gasteiger partial charge < -0.3 is 14.7 Å². The van der Waals surface area contributed by atoms with Gasteiger partial charge in [-0.15, -0.1) is 0 Å². The normalized spacial score (nSPS) is 12.4. The second kappa shape index (κ2) is 5.65. The van der Waals surface area contributed by atoms with Crippen molar-refractivity contribution in [3.63, 3.8) is 0 Å². The number of hydrogen-bond acceptors (Lipinski definition) is 3. The lowest BCUT2D eigenvalue weighted by molar-refractivity contribution is 0.499. The number of para-hydroxylation sites is 1. The molecular weight excluding hydrogens is 286 g/mol. The number of aryl methyl sites for hydroxylation is 1. The summed E-state index contributed by atoms with van der Waals surface area (Å²) in [5, 5.41) is 4.66. The molecule has 0 radical (unpaired) electrons. The van der Waals surface area contributed by atoms with E-state index in [4.69, 9.17) is 4.42 Å². The largest absolute Gasteiger partial charge is 0.467 e. The van der Waals surface area contributed by atoms with E-state index in [1.54, 1.807) is 12.5 Å². The number of nitrogens with one attached hydrogen (secondary N) is 2. The van der Waals surface area contributed by atoms with Crippen molar-refractivity contribution in [1.82, 2.24) is 9.97 Å². The van der Waals surface area contributed by atoms with Crippen LogP contribution in [0.5, 0.6) is 0 Å². The number of aromatic nitrogens is 2. The third-order valence-electron chi connectivity index (χ3n) is 4.05. The molecule has 0 bridgehead atoms. The van der Waals surface area contributed by atoms with Crippen LogP contribution in [0, 0.1) is 6.92 Å². The second-order valence-corrected chi connectivity index (χ2v) is 5.55. The minimum Gasteiger partial charge on any atom is -0.467 e. The summed E-state index contributed by atoms with van der Waals surface area (Å²) < 4.78 is 5.67.